The number of amides is 1. The van der Waals surface area contributed by atoms with E-state index in [1.54, 1.807) is 12.1 Å². The molecular weight excluding hydrogens is 318 g/mol. The third kappa shape index (κ3) is 3.50. The van der Waals surface area contributed by atoms with Crippen molar-refractivity contribution in [1.29, 1.82) is 5.26 Å². The van der Waals surface area contributed by atoms with Gasteiger partial charge in [-0.2, -0.15) is 5.26 Å². The molecule has 0 unspecified atom stereocenters. The van der Waals surface area contributed by atoms with Crippen LogP contribution in [-0.4, -0.2) is 10.9 Å². The largest absolute Gasteiger partial charge is 0.321 e. The molecule has 3 aromatic rings. The van der Waals surface area contributed by atoms with E-state index in [1.165, 1.54) is 11.3 Å². The van der Waals surface area contributed by atoms with Crippen molar-refractivity contribution in [2.45, 2.75) is 13.3 Å². The fraction of sp³-hybridized carbons (Fsp3) is 0.105. The van der Waals surface area contributed by atoms with Gasteiger partial charge in [0.25, 0.3) is 5.91 Å². The Labute approximate surface area is 144 Å². The van der Waals surface area contributed by atoms with Crippen molar-refractivity contribution in [1.82, 2.24) is 4.98 Å². The molecule has 1 aromatic heterocycles. The fourth-order valence-corrected chi connectivity index (χ4v) is 3.26. The number of carbonyl (C=O) groups excluding carboxylic acids is 1. The van der Waals surface area contributed by atoms with Crippen LogP contribution >= 0.6 is 11.3 Å². The van der Waals surface area contributed by atoms with E-state index >= 15 is 0 Å². The number of nitriles is 1. The molecule has 0 bridgehead atoms. The van der Waals surface area contributed by atoms with Crippen molar-refractivity contribution < 1.29 is 4.79 Å². The summed E-state index contributed by atoms with van der Waals surface area (Å²) in [6.45, 7) is 1.84. The molecule has 24 heavy (non-hydrogen) atoms. The first kappa shape index (κ1) is 15.9. The van der Waals surface area contributed by atoms with E-state index in [4.69, 9.17) is 5.26 Å². The fourth-order valence-electron chi connectivity index (χ4n) is 2.30. The van der Waals surface area contributed by atoms with Gasteiger partial charge in [-0.15, -0.1) is 11.3 Å². The Morgan fingerprint density at radius 2 is 1.88 bits per heavy atom. The second-order valence-electron chi connectivity index (χ2n) is 5.29. The molecule has 0 aliphatic heterocycles. The van der Waals surface area contributed by atoms with Crippen molar-refractivity contribution >= 4 is 22.9 Å². The van der Waals surface area contributed by atoms with Gasteiger partial charge in [0.1, 0.15) is 9.88 Å². The van der Waals surface area contributed by atoms with Crippen LogP contribution in [0.4, 0.5) is 5.69 Å². The first-order valence-corrected chi connectivity index (χ1v) is 8.29. The summed E-state index contributed by atoms with van der Waals surface area (Å²) in [7, 11) is 0. The molecule has 3 rings (SSSR count). The molecule has 0 aliphatic carbocycles. The van der Waals surface area contributed by atoms with Gasteiger partial charge in [-0.05, 0) is 24.6 Å². The van der Waals surface area contributed by atoms with Gasteiger partial charge in [-0.3, -0.25) is 4.79 Å². The number of rotatable bonds is 4. The second kappa shape index (κ2) is 7.07. The lowest BCUT2D eigenvalue weighted by Gasteiger charge is -2.04. The molecule has 118 valence electrons. The molecule has 1 N–H and O–H groups in total. The van der Waals surface area contributed by atoms with E-state index in [0.717, 1.165) is 21.8 Å². The van der Waals surface area contributed by atoms with Gasteiger partial charge in [0.05, 0.1) is 18.2 Å². The molecule has 1 heterocycles. The molecule has 2 aromatic carbocycles. The lowest BCUT2D eigenvalue weighted by molar-refractivity contribution is 0.103. The van der Waals surface area contributed by atoms with Crippen LogP contribution in [-0.2, 0) is 6.42 Å². The Hall–Kier alpha value is -2.97. The predicted octanol–water partition coefficient (Wildman–Crippen LogP) is 4.44. The van der Waals surface area contributed by atoms with Crippen molar-refractivity contribution in [3.05, 3.63) is 70.7 Å². The monoisotopic (exact) mass is 333 g/mol. The van der Waals surface area contributed by atoms with E-state index in [-0.39, 0.29) is 5.91 Å². The summed E-state index contributed by atoms with van der Waals surface area (Å²) < 4.78 is 0. The van der Waals surface area contributed by atoms with Crippen LogP contribution in [0.15, 0.2) is 54.6 Å². The molecular formula is C19H15N3OS. The highest BCUT2D eigenvalue weighted by Gasteiger charge is 2.16. The molecule has 0 spiro atoms. The second-order valence-corrected chi connectivity index (χ2v) is 6.28. The standard InChI is InChI=1S/C19H15N3OS/c1-13-17(24-19(21-13)15-5-3-2-4-6-15)18(23)22-16-9-7-14(8-10-16)11-12-20/h2-10H,11H2,1H3,(H,22,23). The average Bonchev–Trinajstić information content (AvgIpc) is 3.00. The maximum Gasteiger partial charge on any atom is 0.267 e. The van der Waals surface area contributed by atoms with Crippen molar-refractivity contribution in [3.63, 3.8) is 0 Å². The third-order valence-electron chi connectivity index (χ3n) is 3.52. The van der Waals surface area contributed by atoms with Gasteiger partial charge >= 0.3 is 0 Å². The number of hydrogen-bond acceptors (Lipinski definition) is 4. The van der Waals surface area contributed by atoms with Crippen LogP contribution in [0.2, 0.25) is 0 Å². The van der Waals surface area contributed by atoms with Gasteiger partial charge in [-0.25, -0.2) is 4.98 Å². The topological polar surface area (TPSA) is 65.8 Å². The number of carbonyl (C=O) groups is 1. The summed E-state index contributed by atoms with van der Waals surface area (Å²) in [6.07, 6.45) is 0.364. The number of nitrogens with zero attached hydrogens (tertiary/aromatic N) is 2. The number of nitrogens with one attached hydrogen (secondary N) is 1. The molecule has 0 atom stereocenters. The van der Waals surface area contributed by atoms with Gasteiger partial charge in [0, 0.05) is 11.3 Å². The van der Waals surface area contributed by atoms with E-state index < -0.39 is 0 Å². The molecule has 5 heteroatoms. The number of hydrogen-bond donors (Lipinski definition) is 1. The summed E-state index contributed by atoms with van der Waals surface area (Å²) in [5.74, 6) is -0.166. The van der Waals surface area contributed by atoms with Crippen LogP contribution < -0.4 is 5.32 Å². The smallest absolute Gasteiger partial charge is 0.267 e. The lowest BCUT2D eigenvalue weighted by atomic mass is 10.1. The summed E-state index contributed by atoms with van der Waals surface area (Å²) in [6, 6.07) is 19.2. The zero-order valence-corrected chi connectivity index (χ0v) is 13.9. The highest BCUT2D eigenvalue weighted by molar-refractivity contribution is 7.17. The highest BCUT2D eigenvalue weighted by atomic mass is 32.1. The number of anilines is 1. The molecule has 0 saturated heterocycles. The van der Waals surface area contributed by atoms with Gasteiger partial charge in [-0.1, -0.05) is 42.5 Å². The number of aromatic nitrogens is 1. The number of thiazole rings is 1. The Bertz CT molecular complexity index is 893. The van der Waals surface area contributed by atoms with Gasteiger partial charge in [0.15, 0.2) is 0 Å². The van der Waals surface area contributed by atoms with Crippen molar-refractivity contribution in [2.24, 2.45) is 0 Å². The van der Waals surface area contributed by atoms with E-state index in [9.17, 15) is 4.79 Å². The van der Waals surface area contributed by atoms with E-state index in [1.807, 2.05) is 49.4 Å². The first-order valence-electron chi connectivity index (χ1n) is 7.47. The molecule has 0 radical (unpaired) electrons. The normalized spacial score (nSPS) is 10.2. The van der Waals surface area contributed by atoms with Crippen LogP contribution in [0.25, 0.3) is 10.6 Å². The highest BCUT2D eigenvalue weighted by Crippen LogP contribution is 2.28. The van der Waals surface area contributed by atoms with Crippen LogP contribution in [0, 0.1) is 18.3 Å². The summed E-state index contributed by atoms with van der Waals surface area (Å²) in [5, 5.41) is 12.4. The van der Waals surface area contributed by atoms with Crippen LogP contribution in [0.1, 0.15) is 20.9 Å². The minimum Gasteiger partial charge on any atom is -0.321 e. The van der Waals surface area contributed by atoms with Gasteiger partial charge in [0.2, 0.25) is 0 Å². The van der Waals surface area contributed by atoms with E-state index in [0.29, 0.717) is 17.0 Å². The van der Waals surface area contributed by atoms with Crippen LogP contribution in [0.5, 0.6) is 0 Å². The maximum atomic E-state index is 12.5. The maximum absolute atomic E-state index is 12.5. The lowest BCUT2D eigenvalue weighted by Crippen LogP contribution is -2.11. The summed E-state index contributed by atoms with van der Waals surface area (Å²) in [5.41, 5.74) is 3.36. The van der Waals surface area contributed by atoms with Crippen molar-refractivity contribution in [2.75, 3.05) is 5.32 Å². The zero-order valence-electron chi connectivity index (χ0n) is 13.1. The molecule has 1 amide bonds. The molecule has 0 aliphatic rings. The van der Waals surface area contributed by atoms with Gasteiger partial charge < -0.3 is 5.32 Å². The third-order valence-corrected chi connectivity index (χ3v) is 4.72. The minimum absolute atomic E-state index is 0.166. The predicted molar refractivity (Wildman–Crippen MR) is 96.0 cm³/mol. The Kier molecular flexibility index (Phi) is 4.69. The SMILES string of the molecule is Cc1nc(-c2ccccc2)sc1C(=O)Nc1ccc(CC#N)cc1. The first-order chi connectivity index (χ1) is 11.7. The molecule has 4 nitrogen and oxygen atoms in total. The van der Waals surface area contributed by atoms with E-state index in [2.05, 4.69) is 16.4 Å². The minimum atomic E-state index is -0.166. The number of aryl methyl sites for hydroxylation is 1. The quantitative estimate of drug-likeness (QED) is 0.768. The Morgan fingerprint density at radius 1 is 1.17 bits per heavy atom. The van der Waals surface area contributed by atoms with Crippen molar-refractivity contribution in [3.8, 4) is 16.6 Å². The zero-order chi connectivity index (χ0) is 16.9. The molecule has 0 fully saturated rings. The Morgan fingerprint density at radius 3 is 2.54 bits per heavy atom. The number of benzene rings is 2. The van der Waals surface area contributed by atoms with Crippen LogP contribution in [0.3, 0.4) is 0 Å². The average molecular weight is 333 g/mol. The summed E-state index contributed by atoms with van der Waals surface area (Å²) >= 11 is 1.39. The summed E-state index contributed by atoms with van der Waals surface area (Å²) in [4.78, 5) is 17.6. The Balaban J connectivity index is 1.78. The molecule has 0 saturated carbocycles.